The Morgan fingerprint density at radius 1 is 1.00 bits per heavy atom. The summed E-state index contributed by atoms with van der Waals surface area (Å²) in [7, 11) is 0. The van der Waals surface area contributed by atoms with Crippen LogP contribution in [0.15, 0.2) is 73.1 Å². The van der Waals surface area contributed by atoms with E-state index >= 15 is 0 Å². The van der Waals surface area contributed by atoms with E-state index < -0.39 is 11.6 Å². The number of carboxylic acid groups (broad SMARTS) is 1. The minimum absolute atomic E-state index is 0.133. The molecular weight excluding hydrogens is 416 g/mol. The lowest BCUT2D eigenvalue weighted by molar-refractivity contribution is -0.157. The third-order valence-corrected chi connectivity index (χ3v) is 5.42. The van der Waals surface area contributed by atoms with E-state index in [1.165, 1.54) is 6.92 Å². The second kappa shape index (κ2) is 8.92. The first-order valence-electron chi connectivity index (χ1n) is 10.7. The zero-order valence-electron chi connectivity index (χ0n) is 18.8. The molecule has 0 saturated carbocycles. The highest BCUT2D eigenvalue weighted by Crippen LogP contribution is 2.24. The molecule has 0 radical (unpaired) electrons. The van der Waals surface area contributed by atoms with Crippen molar-refractivity contribution in [2.75, 3.05) is 0 Å². The molecule has 0 aliphatic carbocycles. The number of rotatable bonds is 7. The zero-order chi connectivity index (χ0) is 23.6. The Bertz CT molecular complexity index is 1300. The Labute approximate surface area is 192 Å². The van der Waals surface area contributed by atoms with Gasteiger partial charge in [0.2, 0.25) is 0 Å². The summed E-state index contributed by atoms with van der Waals surface area (Å²) in [6.45, 7) is 5.27. The van der Waals surface area contributed by atoms with Gasteiger partial charge in [-0.15, -0.1) is 0 Å². The summed E-state index contributed by atoms with van der Waals surface area (Å²) in [5.74, 6) is -0.441. The number of carboxylic acids is 1. The van der Waals surface area contributed by atoms with Crippen LogP contribution in [0.5, 0.6) is 5.75 Å². The first-order valence-corrected chi connectivity index (χ1v) is 10.7. The number of aliphatic carboxylic acids is 1. The fraction of sp³-hybridized carbons (Fsp3) is 0.185. The van der Waals surface area contributed by atoms with E-state index in [2.05, 4.69) is 4.98 Å². The Hall–Kier alpha value is -3.90. The van der Waals surface area contributed by atoms with Crippen LogP contribution in [0.3, 0.4) is 0 Å². The quantitative estimate of drug-likeness (QED) is 0.381. The molecule has 1 unspecified atom stereocenters. The van der Waals surface area contributed by atoms with E-state index in [0.717, 1.165) is 33.6 Å². The SMILES string of the molecule is CC(C)Oc1ccc(-n2cnc3cc(/C=C\c4ccc(C(C)(O)C(=O)O)cc4)ccc32)cc1. The van der Waals surface area contributed by atoms with Gasteiger partial charge in [0.25, 0.3) is 0 Å². The van der Waals surface area contributed by atoms with Crippen LogP contribution in [-0.2, 0) is 10.4 Å². The normalized spacial score (nSPS) is 13.5. The second-order valence-corrected chi connectivity index (χ2v) is 8.36. The van der Waals surface area contributed by atoms with Gasteiger partial charge in [0.05, 0.1) is 17.1 Å². The highest BCUT2D eigenvalue weighted by atomic mass is 16.5. The van der Waals surface area contributed by atoms with E-state index in [-0.39, 0.29) is 6.10 Å². The van der Waals surface area contributed by atoms with Crippen LogP contribution in [0.4, 0.5) is 0 Å². The predicted molar refractivity (Wildman–Crippen MR) is 129 cm³/mol. The van der Waals surface area contributed by atoms with Crippen LogP contribution >= 0.6 is 0 Å². The third-order valence-electron chi connectivity index (χ3n) is 5.42. The second-order valence-electron chi connectivity index (χ2n) is 8.36. The first kappa shape index (κ1) is 22.3. The van der Waals surface area contributed by atoms with Gasteiger partial charge in [-0.25, -0.2) is 9.78 Å². The van der Waals surface area contributed by atoms with E-state index in [0.29, 0.717) is 5.56 Å². The minimum Gasteiger partial charge on any atom is -0.491 e. The molecule has 0 aliphatic heterocycles. The van der Waals surface area contributed by atoms with Crippen molar-refractivity contribution >= 4 is 29.2 Å². The maximum Gasteiger partial charge on any atom is 0.340 e. The predicted octanol–water partition coefficient (Wildman–Crippen LogP) is 5.28. The summed E-state index contributed by atoms with van der Waals surface area (Å²) in [6.07, 6.45) is 5.85. The molecule has 0 spiro atoms. The molecule has 2 N–H and O–H groups in total. The number of benzene rings is 3. The molecule has 0 fully saturated rings. The summed E-state index contributed by atoms with van der Waals surface area (Å²) in [4.78, 5) is 15.7. The highest BCUT2D eigenvalue weighted by molar-refractivity contribution is 5.82. The number of ether oxygens (including phenoxy) is 1. The maximum atomic E-state index is 11.2. The number of imidazole rings is 1. The van der Waals surface area contributed by atoms with Gasteiger partial charge < -0.3 is 14.9 Å². The molecule has 1 atom stereocenters. The largest absolute Gasteiger partial charge is 0.491 e. The topological polar surface area (TPSA) is 84.6 Å². The average Bonchev–Trinajstić information content (AvgIpc) is 3.21. The van der Waals surface area contributed by atoms with Gasteiger partial charge in [0, 0.05) is 5.69 Å². The van der Waals surface area contributed by atoms with Crippen LogP contribution in [0.1, 0.15) is 37.5 Å². The lowest BCUT2D eigenvalue weighted by Crippen LogP contribution is -2.31. The summed E-state index contributed by atoms with van der Waals surface area (Å²) in [6, 6.07) is 20.8. The summed E-state index contributed by atoms with van der Waals surface area (Å²) in [5, 5.41) is 19.2. The van der Waals surface area contributed by atoms with Gasteiger partial charge in [0.1, 0.15) is 12.1 Å². The fourth-order valence-corrected chi connectivity index (χ4v) is 3.53. The van der Waals surface area contributed by atoms with Crippen molar-refractivity contribution in [2.45, 2.75) is 32.5 Å². The molecule has 0 aliphatic rings. The molecule has 6 nitrogen and oxygen atoms in total. The minimum atomic E-state index is -1.91. The van der Waals surface area contributed by atoms with Crippen molar-refractivity contribution in [1.82, 2.24) is 9.55 Å². The fourth-order valence-electron chi connectivity index (χ4n) is 3.53. The molecule has 4 aromatic rings. The Morgan fingerprint density at radius 3 is 2.27 bits per heavy atom. The molecule has 0 bridgehead atoms. The number of aromatic nitrogens is 2. The van der Waals surface area contributed by atoms with Gasteiger partial charge in [-0.05, 0) is 73.9 Å². The molecule has 1 aromatic heterocycles. The van der Waals surface area contributed by atoms with Crippen molar-refractivity contribution in [3.8, 4) is 11.4 Å². The summed E-state index contributed by atoms with van der Waals surface area (Å²) in [5.41, 5.74) is 3.22. The molecule has 0 amide bonds. The van der Waals surface area contributed by atoms with Crippen molar-refractivity contribution < 1.29 is 19.7 Å². The smallest absolute Gasteiger partial charge is 0.340 e. The van der Waals surface area contributed by atoms with Crippen molar-refractivity contribution in [1.29, 1.82) is 0 Å². The molecule has 0 saturated heterocycles. The van der Waals surface area contributed by atoms with Crippen LogP contribution in [0.25, 0.3) is 28.9 Å². The van der Waals surface area contributed by atoms with Crippen molar-refractivity contribution in [2.24, 2.45) is 0 Å². The standard InChI is InChI=1S/C27H26N2O4/c1-18(2)33-23-13-11-22(12-14-23)29-17-28-24-16-20(8-15-25(24)29)5-4-19-6-9-21(10-7-19)27(3,32)26(30)31/h4-18,32H,1-3H3,(H,30,31)/b5-4-. The Kier molecular flexibility index (Phi) is 6.03. The van der Waals surface area contributed by atoms with Crippen LogP contribution in [0, 0.1) is 0 Å². The van der Waals surface area contributed by atoms with Crippen LogP contribution < -0.4 is 4.74 Å². The zero-order valence-corrected chi connectivity index (χ0v) is 18.8. The number of aliphatic hydroxyl groups is 1. The number of nitrogens with zero attached hydrogens (tertiary/aromatic N) is 2. The molecule has 4 rings (SSSR count). The monoisotopic (exact) mass is 442 g/mol. The molecule has 1 heterocycles. The van der Waals surface area contributed by atoms with Crippen molar-refractivity contribution in [3.63, 3.8) is 0 Å². The van der Waals surface area contributed by atoms with E-state index in [1.54, 1.807) is 24.3 Å². The number of carbonyl (C=O) groups is 1. The molecular formula is C27H26N2O4. The third kappa shape index (κ3) is 4.81. The lowest BCUT2D eigenvalue weighted by atomic mass is 9.95. The average molecular weight is 443 g/mol. The number of hydrogen-bond acceptors (Lipinski definition) is 4. The van der Waals surface area contributed by atoms with Crippen molar-refractivity contribution in [3.05, 3.63) is 89.7 Å². The van der Waals surface area contributed by atoms with Gasteiger partial charge in [-0.3, -0.25) is 4.57 Å². The lowest BCUT2D eigenvalue weighted by Gasteiger charge is -2.18. The van der Waals surface area contributed by atoms with E-state index in [1.807, 2.05) is 79.4 Å². The van der Waals surface area contributed by atoms with Crippen LogP contribution in [0.2, 0.25) is 0 Å². The van der Waals surface area contributed by atoms with Gasteiger partial charge in [-0.2, -0.15) is 0 Å². The number of hydrogen-bond donors (Lipinski definition) is 2. The molecule has 6 heteroatoms. The maximum absolute atomic E-state index is 11.2. The number of fused-ring (bicyclic) bond motifs is 1. The van der Waals surface area contributed by atoms with Gasteiger partial charge in [-0.1, -0.05) is 42.5 Å². The Morgan fingerprint density at radius 2 is 1.64 bits per heavy atom. The summed E-state index contributed by atoms with van der Waals surface area (Å²) < 4.78 is 7.75. The summed E-state index contributed by atoms with van der Waals surface area (Å²) >= 11 is 0. The van der Waals surface area contributed by atoms with Crippen LogP contribution in [-0.4, -0.2) is 31.8 Å². The first-order chi connectivity index (χ1) is 15.7. The molecule has 33 heavy (non-hydrogen) atoms. The molecule has 3 aromatic carbocycles. The van der Waals surface area contributed by atoms with E-state index in [4.69, 9.17) is 9.84 Å². The Balaban J connectivity index is 1.52. The van der Waals surface area contributed by atoms with Gasteiger partial charge >= 0.3 is 5.97 Å². The highest BCUT2D eigenvalue weighted by Gasteiger charge is 2.31. The van der Waals surface area contributed by atoms with E-state index in [9.17, 15) is 9.90 Å². The van der Waals surface area contributed by atoms with Gasteiger partial charge in [0.15, 0.2) is 5.60 Å². The molecule has 168 valence electrons.